The van der Waals surface area contributed by atoms with E-state index < -0.39 is 8.32 Å². The van der Waals surface area contributed by atoms with Crippen molar-refractivity contribution in [1.29, 1.82) is 0 Å². The first-order valence-electron chi connectivity index (χ1n) is 8.95. The summed E-state index contributed by atoms with van der Waals surface area (Å²) < 4.78 is 19.5. The van der Waals surface area contributed by atoms with Gasteiger partial charge in [0, 0.05) is 5.69 Å². The molecular formula is C21H26FNO2Si. The summed E-state index contributed by atoms with van der Waals surface area (Å²) in [5.74, 6) is 0.632. The molecule has 0 spiro atoms. The highest BCUT2D eigenvalue weighted by atomic mass is 28.4. The predicted molar refractivity (Wildman–Crippen MR) is 106 cm³/mol. The second-order valence-electron chi connectivity index (χ2n) is 8.39. The zero-order chi connectivity index (χ0) is 19.1. The molecule has 1 amide bonds. The van der Waals surface area contributed by atoms with Crippen LogP contribution in [0.5, 0.6) is 5.75 Å². The van der Waals surface area contributed by atoms with E-state index in [0.717, 1.165) is 17.0 Å². The molecule has 0 aromatic heterocycles. The first-order valence-corrected chi connectivity index (χ1v) is 11.9. The largest absolute Gasteiger partial charge is 0.544 e. The lowest BCUT2D eigenvalue weighted by atomic mass is 9.93. The van der Waals surface area contributed by atoms with Gasteiger partial charge in [-0.05, 0) is 60.1 Å². The standard InChI is InChI=1S/C21H26FNO2Si/c1-21(2,3)26(4,5)25-18-12-6-15(7-13-18)19-14-20(24)23(19)17-10-8-16(22)9-11-17/h6-13,19H,14H2,1-5H3. The average molecular weight is 372 g/mol. The number of anilines is 1. The molecule has 3 rings (SSSR count). The lowest BCUT2D eigenvalue weighted by Gasteiger charge is -2.41. The van der Waals surface area contributed by atoms with Crippen LogP contribution in [0.1, 0.15) is 38.8 Å². The number of halogens is 1. The molecule has 1 unspecified atom stereocenters. The molecule has 5 heteroatoms. The highest BCUT2D eigenvalue weighted by Crippen LogP contribution is 2.40. The summed E-state index contributed by atoms with van der Waals surface area (Å²) in [6.07, 6.45) is 0.472. The van der Waals surface area contributed by atoms with E-state index in [1.165, 1.54) is 12.1 Å². The van der Waals surface area contributed by atoms with Crippen LogP contribution in [0.3, 0.4) is 0 Å². The summed E-state index contributed by atoms with van der Waals surface area (Å²) in [7, 11) is -1.87. The smallest absolute Gasteiger partial charge is 0.250 e. The summed E-state index contributed by atoms with van der Waals surface area (Å²) in [6.45, 7) is 11.1. The van der Waals surface area contributed by atoms with Gasteiger partial charge in [-0.25, -0.2) is 4.39 Å². The van der Waals surface area contributed by atoms with Gasteiger partial charge in [-0.1, -0.05) is 32.9 Å². The minimum atomic E-state index is -1.87. The molecule has 0 N–H and O–H groups in total. The van der Waals surface area contributed by atoms with Crippen molar-refractivity contribution in [2.24, 2.45) is 0 Å². The topological polar surface area (TPSA) is 29.5 Å². The maximum atomic E-state index is 13.1. The summed E-state index contributed by atoms with van der Waals surface area (Å²) in [4.78, 5) is 13.8. The van der Waals surface area contributed by atoms with E-state index in [9.17, 15) is 9.18 Å². The number of carbonyl (C=O) groups excluding carboxylic acids is 1. The van der Waals surface area contributed by atoms with E-state index >= 15 is 0 Å². The first kappa shape index (κ1) is 18.6. The number of β-lactam (4-membered cyclic amide) rings is 1. The Kier molecular flexibility index (Phi) is 4.69. The molecule has 138 valence electrons. The molecule has 3 nitrogen and oxygen atoms in total. The van der Waals surface area contributed by atoms with Crippen LogP contribution in [0.15, 0.2) is 48.5 Å². The first-order chi connectivity index (χ1) is 12.1. The molecule has 1 fully saturated rings. The van der Waals surface area contributed by atoms with Gasteiger partial charge in [0.05, 0.1) is 12.5 Å². The predicted octanol–water partition coefficient (Wildman–Crippen LogP) is 5.69. The lowest BCUT2D eigenvalue weighted by Crippen LogP contribution is -2.46. The number of hydrogen-bond acceptors (Lipinski definition) is 2. The number of rotatable bonds is 4. The van der Waals surface area contributed by atoms with Crippen LogP contribution in [0.25, 0.3) is 0 Å². The lowest BCUT2D eigenvalue weighted by molar-refractivity contribution is -0.124. The van der Waals surface area contributed by atoms with Crippen LogP contribution in [0, 0.1) is 5.82 Å². The second kappa shape index (κ2) is 6.54. The third kappa shape index (κ3) is 3.54. The van der Waals surface area contributed by atoms with Gasteiger partial charge < -0.3 is 9.33 Å². The monoisotopic (exact) mass is 371 g/mol. The minimum Gasteiger partial charge on any atom is -0.544 e. The molecule has 1 heterocycles. The maximum absolute atomic E-state index is 13.1. The van der Waals surface area contributed by atoms with Crippen molar-refractivity contribution in [2.75, 3.05) is 4.90 Å². The Morgan fingerprint density at radius 1 is 1.04 bits per heavy atom. The van der Waals surface area contributed by atoms with E-state index in [-0.39, 0.29) is 22.8 Å². The Morgan fingerprint density at radius 2 is 1.62 bits per heavy atom. The van der Waals surface area contributed by atoms with Gasteiger partial charge in [0.1, 0.15) is 11.6 Å². The van der Waals surface area contributed by atoms with Gasteiger partial charge in [0.2, 0.25) is 14.2 Å². The van der Waals surface area contributed by atoms with Crippen LogP contribution < -0.4 is 9.33 Å². The van der Waals surface area contributed by atoms with Gasteiger partial charge in [0.15, 0.2) is 0 Å². The molecule has 0 saturated carbocycles. The molecule has 1 aliphatic rings. The third-order valence-corrected chi connectivity index (χ3v) is 9.86. The van der Waals surface area contributed by atoms with E-state index in [4.69, 9.17) is 4.43 Å². The number of carbonyl (C=O) groups is 1. The summed E-state index contributed by atoms with van der Waals surface area (Å²) in [6, 6.07) is 14.1. The summed E-state index contributed by atoms with van der Waals surface area (Å²) >= 11 is 0. The minimum absolute atomic E-state index is 0.00474. The Morgan fingerprint density at radius 3 is 2.12 bits per heavy atom. The highest BCUT2D eigenvalue weighted by molar-refractivity contribution is 6.74. The molecule has 0 bridgehead atoms. The van der Waals surface area contributed by atoms with Crippen molar-refractivity contribution in [3.8, 4) is 5.75 Å². The van der Waals surface area contributed by atoms with Crippen LogP contribution in [0.2, 0.25) is 18.1 Å². The van der Waals surface area contributed by atoms with E-state index in [1.54, 1.807) is 17.0 Å². The fourth-order valence-corrected chi connectivity index (χ4v) is 3.85. The second-order valence-corrected chi connectivity index (χ2v) is 13.1. The van der Waals surface area contributed by atoms with Crippen LogP contribution in [-0.4, -0.2) is 14.2 Å². The maximum Gasteiger partial charge on any atom is 0.250 e. The Bertz CT molecular complexity index is 794. The van der Waals surface area contributed by atoms with Crippen molar-refractivity contribution < 1.29 is 13.6 Å². The zero-order valence-electron chi connectivity index (χ0n) is 16.0. The molecule has 1 saturated heterocycles. The van der Waals surface area contributed by atoms with E-state index in [2.05, 4.69) is 33.9 Å². The quantitative estimate of drug-likeness (QED) is 0.510. The van der Waals surface area contributed by atoms with Crippen molar-refractivity contribution in [2.45, 2.75) is 51.4 Å². The SMILES string of the molecule is CC(C)(C)[Si](C)(C)Oc1ccc(C2CC(=O)N2c2ccc(F)cc2)cc1. The van der Waals surface area contributed by atoms with Crippen molar-refractivity contribution >= 4 is 19.9 Å². The highest BCUT2D eigenvalue weighted by Gasteiger charge is 2.40. The molecule has 26 heavy (non-hydrogen) atoms. The van der Waals surface area contributed by atoms with Crippen molar-refractivity contribution in [3.05, 3.63) is 59.9 Å². The Balaban J connectivity index is 1.76. The molecule has 1 atom stereocenters. The van der Waals surface area contributed by atoms with Crippen LogP contribution in [-0.2, 0) is 4.79 Å². The van der Waals surface area contributed by atoms with Gasteiger partial charge in [-0.2, -0.15) is 0 Å². The fraction of sp³-hybridized carbons (Fsp3) is 0.381. The molecule has 1 aliphatic heterocycles. The Labute approximate surface area is 155 Å². The Hall–Kier alpha value is -2.14. The normalized spacial score (nSPS) is 17.8. The van der Waals surface area contributed by atoms with E-state index in [0.29, 0.717) is 6.42 Å². The van der Waals surface area contributed by atoms with Crippen LogP contribution >= 0.6 is 0 Å². The third-order valence-electron chi connectivity index (χ3n) is 5.50. The fourth-order valence-electron chi connectivity index (χ4n) is 2.81. The number of hydrogen-bond donors (Lipinski definition) is 0. The number of nitrogens with zero attached hydrogens (tertiary/aromatic N) is 1. The van der Waals surface area contributed by atoms with Gasteiger partial charge in [-0.15, -0.1) is 0 Å². The van der Waals surface area contributed by atoms with Gasteiger partial charge >= 0.3 is 0 Å². The molecule has 0 radical (unpaired) electrons. The molecule has 0 aliphatic carbocycles. The molecular weight excluding hydrogens is 345 g/mol. The zero-order valence-corrected chi connectivity index (χ0v) is 17.0. The molecule has 2 aromatic carbocycles. The van der Waals surface area contributed by atoms with Gasteiger partial charge in [0.25, 0.3) is 0 Å². The average Bonchev–Trinajstić information content (AvgIpc) is 2.54. The van der Waals surface area contributed by atoms with Crippen molar-refractivity contribution in [3.63, 3.8) is 0 Å². The van der Waals surface area contributed by atoms with Crippen LogP contribution in [0.4, 0.5) is 10.1 Å². The van der Waals surface area contributed by atoms with Crippen molar-refractivity contribution in [1.82, 2.24) is 0 Å². The summed E-state index contributed by atoms with van der Waals surface area (Å²) in [5.41, 5.74) is 1.80. The molecule has 2 aromatic rings. The number of amides is 1. The number of benzene rings is 2. The van der Waals surface area contributed by atoms with Gasteiger partial charge in [-0.3, -0.25) is 4.79 Å². The van der Waals surface area contributed by atoms with E-state index in [1.807, 2.05) is 24.3 Å². The summed E-state index contributed by atoms with van der Waals surface area (Å²) in [5, 5.41) is 0.144.